The van der Waals surface area contributed by atoms with Crippen molar-refractivity contribution in [2.24, 2.45) is 5.73 Å². The SMILES string of the molecule is COc1cc(C(N)C2(C)CCCO2)c(OC)cc1Br. The summed E-state index contributed by atoms with van der Waals surface area (Å²) in [7, 11) is 3.28. The lowest BCUT2D eigenvalue weighted by molar-refractivity contribution is -0.00230. The molecule has 0 aliphatic carbocycles. The molecular formula is C14H20BrNO3. The average molecular weight is 330 g/mol. The highest BCUT2D eigenvalue weighted by atomic mass is 79.9. The standard InChI is InChI=1S/C14H20BrNO3/c1-14(5-4-6-19-14)13(16)9-7-12(18-3)10(15)8-11(9)17-2/h7-8,13H,4-6,16H2,1-3H3. The van der Waals surface area contributed by atoms with Gasteiger partial charge in [-0.3, -0.25) is 0 Å². The van der Waals surface area contributed by atoms with E-state index in [-0.39, 0.29) is 11.6 Å². The predicted molar refractivity (Wildman–Crippen MR) is 77.8 cm³/mol. The second-order valence-electron chi connectivity index (χ2n) is 4.97. The summed E-state index contributed by atoms with van der Waals surface area (Å²) >= 11 is 3.45. The number of hydrogen-bond donors (Lipinski definition) is 1. The van der Waals surface area contributed by atoms with Crippen LogP contribution in [0.4, 0.5) is 0 Å². The molecule has 1 aromatic carbocycles. The monoisotopic (exact) mass is 329 g/mol. The Hall–Kier alpha value is -0.780. The Morgan fingerprint density at radius 1 is 1.32 bits per heavy atom. The molecule has 0 amide bonds. The summed E-state index contributed by atoms with van der Waals surface area (Å²) in [5, 5.41) is 0. The molecule has 1 aliphatic heterocycles. The molecule has 106 valence electrons. The van der Waals surface area contributed by atoms with Crippen molar-refractivity contribution < 1.29 is 14.2 Å². The Balaban J connectivity index is 2.42. The van der Waals surface area contributed by atoms with Crippen molar-refractivity contribution in [1.82, 2.24) is 0 Å². The van der Waals surface area contributed by atoms with Gasteiger partial charge in [-0.2, -0.15) is 0 Å². The van der Waals surface area contributed by atoms with Gasteiger partial charge < -0.3 is 19.9 Å². The molecule has 2 N–H and O–H groups in total. The van der Waals surface area contributed by atoms with Crippen LogP contribution in [0.1, 0.15) is 31.4 Å². The fraction of sp³-hybridized carbons (Fsp3) is 0.571. The maximum atomic E-state index is 6.41. The third-order valence-corrected chi connectivity index (χ3v) is 4.37. The van der Waals surface area contributed by atoms with E-state index in [1.165, 1.54) is 0 Å². The summed E-state index contributed by atoms with van der Waals surface area (Å²) in [5.74, 6) is 1.49. The van der Waals surface area contributed by atoms with Crippen LogP contribution in [0, 0.1) is 0 Å². The van der Waals surface area contributed by atoms with Crippen LogP contribution in [0.25, 0.3) is 0 Å². The average Bonchev–Trinajstić information content (AvgIpc) is 2.85. The Labute approximate surface area is 122 Å². The molecule has 19 heavy (non-hydrogen) atoms. The Bertz CT molecular complexity index is 458. The van der Waals surface area contributed by atoms with Gasteiger partial charge in [0.15, 0.2) is 0 Å². The molecule has 1 aliphatic rings. The van der Waals surface area contributed by atoms with Crippen molar-refractivity contribution in [3.8, 4) is 11.5 Å². The number of methoxy groups -OCH3 is 2. The molecule has 1 heterocycles. The molecule has 5 heteroatoms. The van der Waals surface area contributed by atoms with Gasteiger partial charge in [0.25, 0.3) is 0 Å². The smallest absolute Gasteiger partial charge is 0.133 e. The van der Waals surface area contributed by atoms with Gasteiger partial charge >= 0.3 is 0 Å². The molecule has 0 radical (unpaired) electrons. The number of benzene rings is 1. The van der Waals surface area contributed by atoms with Gasteiger partial charge in [0.1, 0.15) is 11.5 Å². The first-order chi connectivity index (χ1) is 9.01. The van der Waals surface area contributed by atoms with E-state index in [0.29, 0.717) is 0 Å². The van der Waals surface area contributed by atoms with Gasteiger partial charge in [0, 0.05) is 12.2 Å². The van der Waals surface area contributed by atoms with E-state index in [1.54, 1.807) is 14.2 Å². The van der Waals surface area contributed by atoms with Crippen LogP contribution in [-0.2, 0) is 4.74 Å². The predicted octanol–water partition coefficient (Wildman–Crippen LogP) is 3.04. The van der Waals surface area contributed by atoms with Gasteiger partial charge in [-0.1, -0.05) is 0 Å². The second kappa shape index (κ2) is 5.69. The normalized spacial score (nSPS) is 24.3. The van der Waals surface area contributed by atoms with Crippen LogP contribution in [0.3, 0.4) is 0 Å². The summed E-state index contributed by atoms with van der Waals surface area (Å²) in [6.45, 7) is 2.82. The van der Waals surface area contributed by atoms with E-state index in [9.17, 15) is 0 Å². The van der Waals surface area contributed by atoms with Crippen LogP contribution in [-0.4, -0.2) is 26.4 Å². The fourth-order valence-electron chi connectivity index (χ4n) is 2.50. The molecule has 0 saturated carbocycles. The van der Waals surface area contributed by atoms with Gasteiger partial charge in [-0.05, 0) is 47.8 Å². The van der Waals surface area contributed by atoms with Gasteiger partial charge in [0.05, 0.1) is 30.3 Å². The van der Waals surface area contributed by atoms with E-state index in [1.807, 2.05) is 12.1 Å². The number of halogens is 1. The van der Waals surface area contributed by atoms with E-state index >= 15 is 0 Å². The van der Waals surface area contributed by atoms with Crippen LogP contribution in [0.5, 0.6) is 11.5 Å². The highest BCUT2D eigenvalue weighted by Gasteiger charge is 2.38. The van der Waals surface area contributed by atoms with Crippen molar-refractivity contribution in [2.75, 3.05) is 20.8 Å². The van der Waals surface area contributed by atoms with Gasteiger partial charge in [-0.25, -0.2) is 0 Å². The molecule has 1 saturated heterocycles. The molecule has 0 aromatic heterocycles. The molecule has 2 unspecified atom stereocenters. The summed E-state index contributed by atoms with van der Waals surface area (Å²) in [6.07, 6.45) is 2.00. The zero-order valence-corrected chi connectivity index (χ0v) is 13.1. The molecule has 0 bridgehead atoms. The molecule has 1 aromatic rings. The quantitative estimate of drug-likeness (QED) is 0.922. The van der Waals surface area contributed by atoms with Crippen molar-refractivity contribution in [3.05, 3.63) is 22.2 Å². The lowest BCUT2D eigenvalue weighted by Gasteiger charge is -2.31. The van der Waals surface area contributed by atoms with Gasteiger partial charge in [0.2, 0.25) is 0 Å². The lowest BCUT2D eigenvalue weighted by Crippen LogP contribution is -2.37. The summed E-state index contributed by atoms with van der Waals surface area (Å²) in [4.78, 5) is 0. The number of hydrogen-bond acceptors (Lipinski definition) is 4. The molecule has 1 fully saturated rings. The topological polar surface area (TPSA) is 53.7 Å². The summed E-state index contributed by atoms with van der Waals surface area (Å²) < 4.78 is 17.4. The third kappa shape index (κ3) is 2.73. The Kier molecular flexibility index (Phi) is 4.38. The number of ether oxygens (including phenoxy) is 3. The first-order valence-electron chi connectivity index (χ1n) is 6.33. The Morgan fingerprint density at radius 2 is 2.00 bits per heavy atom. The van der Waals surface area contributed by atoms with Gasteiger partial charge in [-0.15, -0.1) is 0 Å². The lowest BCUT2D eigenvalue weighted by atomic mass is 9.88. The number of rotatable bonds is 4. The van der Waals surface area contributed by atoms with Crippen LogP contribution >= 0.6 is 15.9 Å². The third-order valence-electron chi connectivity index (χ3n) is 3.75. The van der Waals surface area contributed by atoms with Crippen LogP contribution in [0.15, 0.2) is 16.6 Å². The van der Waals surface area contributed by atoms with E-state index in [0.717, 1.165) is 41.0 Å². The minimum Gasteiger partial charge on any atom is -0.496 e. The van der Waals surface area contributed by atoms with E-state index in [2.05, 4.69) is 22.9 Å². The minimum absolute atomic E-state index is 0.244. The Morgan fingerprint density at radius 3 is 2.53 bits per heavy atom. The molecule has 2 atom stereocenters. The maximum Gasteiger partial charge on any atom is 0.133 e. The van der Waals surface area contributed by atoms with Crippen LogP contribution < -0.4 is 15.2 Å². The summed E-state index contributed by atoms with van der Waals surface area (Å²) in [6, 6.07) is 3.55. The minimum atomic E-state index is -0.341. The highest BCUT2D eigenvalue weighted by Crippen LogP contribution is 2.42. The first-order valence-corrected chi connectivity index (χ1v) is 7.12. The maximum absolute atomic E-state index is 6.41. The van der Waals surface area contributed by atoms with Crippen molar-refractivity contribution >= 4 is 15.9 Å². The number of nitrogens with two attached hydrogens (primary N) is 1. The zero-order valence-electron chi connectivity index (χ0n) is 11.5. The molecular weight excluding hydrogens is 310 g/mol. The second-order valence-corrected chi connectivity index (χ2v) is 5.83. The van der Waals surface area contributed by atoms with Crippen molar-refractivity contribution in [3.63, 3.8) is 0 Å². The van der Waals surface area contributed by atoms with Crippen molar-refractivity contribution in [1.29, 1.82) is 0 Å². The van der Waals surface area contributed by atoms with Crippen LogP contribution in [0.2, 0.25) is 0 Å². The molecule has 4 nitrogen and oxygen atoms in total. The summed E-state index contributed by atoms with van der Waals surface area (Å²) in [5.41, 5.74) is 6.98. The van der Waals surface area contributed by atoms with E-state index < -0.39 is 0 Å². The fourth-order valence-corrected chi connectivity index (χ4v) is 2.99. The molecule has 2 rings (SSSR count). The largest absolute Gasteiger partial charge is 0.496 e. The first kappa shape index (κ1) is 14.6. The van der Waals surface area contributed by atoms with Crippen molar-refractivity contribution in [2.45, 2.75) is 31.4 Å². The molecule has 0 spiro atoms. The highest BCUT2D eigenvalue weighted by molar-refractivity contribution is 9.10. The van der Waals surface area contributed by atoms with E-state index in [4.69, 9.17) is 19.9 Å². The zero-order chi connectivity index (χ0) is 14.0.